The lowest BCUT2D eigenvalue weighted by Crippen LogP contribution is -2.32. The van der Waals surface area contributed by atoms with E-state index in [0.29, 0.717) is 30.7 Å². The van der Waals surface area contributed by atoms with Crippen LogP contribution < -0.4 is 15.2 Å². The summed E-state index contributed by atoms with van der Waals surface area (Å²) in [6, 6.07) is 6.39. The lowest BCUT2D eigenvalue weighted by atomic mass is 9.97. The van der Waals surface area contributed by atoms with Crippen LogP contribution >= 0.6 is 0 Å². The van der Waals surface area contributed by atoms with Crippen LogP contribution in [0, 0.1) is 11.8 Å². The Morgan fingerprint density at radius 2 is 1.90 bits per heavy atom. The number of hydrogen-bond donors (Lipinski definition) is 2. The molecule has 0 aliphatic heterocycles. The minimum atomic E-state index is -3.45. The fraction of sp³-hybridized carbons (Fsp3) is 0.571. The molecule has 2 atom stereocenters. The smallest absolute Gasteiger partial charge is 0.240 e. The number of benzene rings is 1. The van der Waals surface area contributed by atoms with Crippen LogP contribution in [0.3, 0.4) is 0 Å². The number of ether oxygens (including phenoxy) is 1. The predicted octanol–water partition coefficient (Wildman–Crippen LogP) is 1.35. The van der Waals surface area contributed by atoms with Crippen LogP contribution in [0.4, 0.5) is 0 Å². The van der Waals surface area contributed by atoms with Crippen LogP contribution in [0.15, 0.2) is 29.2 Å². The topological polar surface area (TPSA) is 81.4 Å². The van der Waals surface area contributed by atoms with E-state index in [1.165, 1.54) is 0 Å². The Morgan fingerprint density at radius 1 is 1.25 bits per heavy atom. The summed E-state index contributed by atoms with van der Waals surface area (Å²) >= 11 is 0. The third kappa shape index (κ3) is 3.50. The minimum absolute atomic E-state index is 0.264. The molecule has 6 heteroatoms. The van der Waals surface area contributed by atoms with Crippen LogP contribution in [0.2, 0.25) is 0 Å². The summed E-state index contributed by atoms with van der Waals surface area (Å²) in [7, 11) is -1.90. The van der Waals surface area contributed by atoms with Gasteiger partial charge in [-0.2, -0.15) is 0 Å². The molecule has 0 heterocycles. The number of nitrogens with one attached hydrogen (secondary N) is 1. The van der Waals surface area contributed by atoms with Crippen molar-refractivity contribution in [2.24, 2.45) is 17.6 Å². The second kappa shape index (κ2) is 6.56. The standard InChI is InChI=1S/C14H22N2O3S/c1-19-13-5-7-14(8-6-13)20(17,18)16-10-12-4-2-3-11(12)9-15/h5-8,11-12,16H,2-4,9-10,15H2,1H3. The Hall–Kier alpha value is -1.11. The molecule has 5 nitrogen and oxygen atoms in total. The third-order valence-electron chi connectivity index (χ3n) is 4.02. The number of sulfonamides is 1. The summed E-state index contributed by atoms with van der Waals surface area (Å²) in [5.41, 5.74) is 5.72. The summed E-state index contributed by atoms with van der Waals surface area (Å²) < 4.78 is 32.1. The van der Waals surface area contributed by atoms with E-state index < -0.39 is 10.0 Å². The van der Waals surface area contributed by atoms with E-state index in [-0.39, 0.29) is 4.90 Å². The Kier molecular flexibility index (Phi) is 5.01. The van der Waals surface area contributed by atoms with Gasteiger partial charge in [-0.05, 0) is 55.5 Å². The average molecular weight is 298 g/mol. The van der Waals surface area contributed by atoms with Crippen LogP contribution in [0.25, 0.3) is 0 Å². The molecule has 2 unspecified atom stereocenters. The largest absolute Gasteiger partial charge is 0.497 e. The third-order valence-corrected chi connectivity index (χ3v) is 5.46. The summed E-state index contributed by atoms with van der Waals surface area (Å²) in [6.07, 6.45) is 3.29. The summed E-state index contributed by atoms with van der Waals surface area (Å²) in [5.74, 6) is 1.43. The lowest BCUT2D eigenvalue weighted by molar-refractivity contribution is 0.393. The maximum Gasteiger partial charge on any atom is 0.240 e. The number of nitrogens with two attached hydrogens (primary N) is 1. The van der Waals surface area contributed by atoms with Crippen molar-refractivity contribution in [2.75, 3.05) is 20.2 Å². The fourth-order valence-electron chi connectivity index (χ4n) is 2.75. The second-order valence-corrected chi connectivity index (χ2v) is 6.98. The average Bonchev–Trinajstić information content (AvgIpc) is 2.93. The molecular formula is C14H22N2O3S. The van der Waals surface area contributed by atoms with E-state index in [1.54, 1.807) is 31.4 Å². The van der Waals surface area contributed by atoms with Gasteiger partial charge >= 0.3 is 0 Å². The van der Waals surface area contributed by atoms with Crippen molar-refractivity contribution in [3.8, 4) is 5.75 Å². The molecule has 1 aromatic rings. The molecule has 1 saturated carbocycles. The molecule has 0 spiro atoms. The fourth-order valence-corrected chi connectivity index (χ4v) is 3.84. The van der Waals surface area contributed by atoms with Gasteiger partial charge in [0, 0.05) is 6.54 Å². The van der Waals surface area contributed by atoms with Crippen LogP contribution in [-0.4, -0.2) is 28.6 Å². The molecule has 1 aliphatic rings. The highest BCUT2D eigenvalue weighted by molar-refractivity contribution is 7.89. The van der Waals surface area contributed by atoms with E-state index in [9.17, 15) is 8.42 Å². The van der Waals surface area contributed by atoms with Crippen molar-refractivity contribution in [3.05, 3.63) is 24.3 Å². The van der Waals surface area contributed by atoms with Gasteiger partial charge < -0.3 is 10.5 Å². The first kappa shape index (κ1) is 15.3. The van der Waals surface area contributed by atoms with E-state index in [4.69, 9.17) is 10.5 Å². The minimum Gasteiger partial charge on any atom is -0.497 e. The zero-order valence-corrected chi connectivity index (χ0v) is 12.5. The SMILES string of the molecule is COc1ccc(S(=O)(=O)NCC2CCCC2CN)cc1. The quantitative estimate of drug-likeness (QED) is 0.830. The molecule has 0 aromatic heterocycles. The van der Waals surface area contributed by atoms with Gasteiger partial charge in [-0.3, -0.25) is 0 Å². The number of rotatable bonds is 6. The molecule has 0 bridgehead atoms. The first-order chi connectivity index (χ1) is 9.56. The normalized spacial score (nSPS) is 22.9. The highest BCUT2D eigenvalue weighted by atomic mass is 32.2. The molecule has 0 radical (unpaired) electrons. The van der Waals surface area contributed by atoms with Gasteiger partial charge in [0.05, 0.1) is 12.0 Å². The van der Waals surface area contributed by atoms with Gasteiger partial charge in [0.2, 0.25) is 10.0 Å². The van der Waals surface area contributed by atoms with Crippen molar-refractivity contribution in [3.63, 3.8) is 0 Å². The van der Waals surface area contributed by atoms with Crippen molar-refractivity contribution < 1.29 is 13.2 Å². The highest BCUT2D eigenvalue weighted by Gasteiger charge is 2.27. The summed E-state index contributed by atoms with van der Waals surface area (Å²) in [6.45, 7) is 1.10. The Morgan fingerprint density at radius 3 is 2.50 bits per heavy atom. The molecular weight excluding hydrogens is 276 g/mol. The van der Waals surface area contributed by atoms with Gasteiger partial charge in [-0.25, -0.2) is 13.1 Å². The maximum atomic E-state index is 12.2. The Balaban J connectivity index is 1.99. The van der Waals surface area contributed by atoms with Gasteiger partial charge in [0.1, 0.15) is 5.75 Å². The molecule has 20 heavy (non-hydrogen) atoms. The van der Waals surface area contributed by atoms with Crippen LogP contribution in [0.1, 0.15) is 19.3 Å². The molecule has 1 aliphatic carbocycles. The van der Waals surface area contributed by atoms with Crippen molar-refractivity contribution in [1.29, 1.82) is 0 Å². The van der Waals surface area contributed by atoms with Crippen molar-refractivity contribution in [1.82, 2.24) is 4.72 Å². The highest BCUT2D eigenvalue weighted by Crippen LogP contribution is 2.30. The molecule has 0 amide bonds. The monoisotopic (exact) mass is 298 g/mol. The molecule has 1 aromatic carbocycles. The number of methoxy groups -OCH3 is 1. The summed E-state index contributed by atoms with van der Waals surface area (Å²) in [4.78, 5) is 0.264. The van der Waals surface area contributed by atoms with Crippen molar-refractivity contribution in [2.45, 2.75) is 24.2 Å². The molecule has 0 saturated heterocycles. The Bertz CT molecular complexity index is 528. The summed E-state index contributed by atoms with van der Waals surface area (Å²) in [5, 5.41) is 0. The van der Waals surface area contributed by atoms with Gasteiger partial charge in [0.25, 0.3) is 0 Å². The first-order valence-electron chi connectivity index (χ1n) is 6.90. The molecule has 2 rings (SSSR count). The van der Waals surface area contributed by atoms with E-state index in [2.05, 4.69) is 4.72 Å². The predicted molar refractivity (Wildman–Crippen MR) is 78.1 cm³/mol. The van der Waals surface area contributed by atoms with Crippen LogP contribution in [-0.2, 0) is 10.0 Å². The van der Waals surface area contributed by atoms with Crippen molar-refractivity contribution >= 4 is 10.0 Å². The zero-order chi connectivity index (χ0) is 14.6. The molecule has 112 valence electrons. The number of hydrogen-bond acceptors (Lipinski definition) is 4. The maximum absolute atomic E-state index is 12.2. The van der Waals surface area contributed by atoms with E-state index in [0.717, 1.165) is 19.3 Å². The molecule has 1 fully saturated rings. The lowest BCUT2D eigenvalue weighted by Gasteiger charge is -2.18. The van der Waals surface area contributed by atoms with Crippen LogP contribution in [0.5, 0.6) is 5.75 Å². The van der Waals surface area contributed by atoms with E-state index >= 15 is 0 Å². The second-order valence-electron chi connectivity index (χ2n) is 5.21. The zero-order valence-electron chi connectivity index (χ0n) is 11.7. The van der Waals surface area contributed by atoms with Gasteiger partial charge in [-0.1, -0.05) is 6.42 Å². The van der Waals surface area contributed by atoms with Gasteiger partial charge in [0.15, 0.2) is 0 Å². The first-order valence-corrected chi connectivity index (χ1v) is 8.39. The molecule has 3 N–H and O–H groups in total. The van der Waals surface area contributed by atoms with Gasteiger partial charge in [-0.15, -0.1) is 0 Å². The van der Waals surface area contributed by atoms with E-state index in [1.807, 2.05) is 0 Å². The Labute approximate surface area is 120 Å².